The van der Waals surface area contributed by atoms with Gasteiger partial charge in [-0.3, -0.25) is 0 Å². The third-order valence-corrected chi connectivity index (χ3v) is 3.92. The zero-order valence-corrected chi connectivity index (χ0v) is 13.0. The Morgan fingerprint density at radius 3 is 2.74 bits per heavy atom. The molecule has 0 saturated heterocycles. The Hall–Kier alpha value is -1.13. The van der Waals surface area contributed by atoms with Gasteiger partial charge in [0.05, 0.1) is 0 Å². The molecule has 0 aliphatic heterocycles. The van der Waals surface area contributed by atoms with E-state index in [1.165, 1.54) is 10.8 Å². The van der Waals surface area contributed by atoms with Gasteiger partial charge in [0.1, 0.15) is 5.82 Å². The largest absolute Gasteiger partial charge is 0.354 e. The molecule has 0 saturated carbocycles. The maximum absolute atomic E-state index is 5.64. The van der Waals surface area contributed by atoms with Crippen molar-refractivity contribution >= 4 is 32.5 Å². The normalized spacial score (nSPS) is 11.2. The maximum Gasteiger partial charge on any atom is 0.136 e. The molecule has 2 rings (SSSR count). The number of anilines is 1. The Bertz CT molecular complexity index is 554. The molecule has 3 nitrogen and oxygen atoms in total. The molecule has 102 valence electrons. The third kappa shape index (κ3) is 3.07. The molecular weight excluding hydrogens is 302 g/mol. The first-order chi connectivity index (χ1) is 9.15. The number of nitrogens with two attached hydrogens (primary N) is 1. The second-order valence-corrected chi connectivity index (χ2v) is 5.75. The Balaban J connectivity index is 2.50. The molecule has 1 aromatic heterocycles. The van der Waals surface area contributed by atoms with Gasteiger partial charge in [-0.2, -0.15) is 0 Å². The second kappa shape index (κ2) is 6.35. The van der Waals surface area contributed by atoms with Crippen molar-refractivity contribution in [2.75, 3.05) is 18.0 Å². The molecule has 0 unspecified atom stereocenters. The highest BCUT2D eigenvalue weighted by Crippen LogP contribution is 2.30. The van der Waals surface area contributed by atoms with E-state index in [0.717, 1.165) is 23.3 Å². The van der Waals surface area contributed by atoms with Crippen LogP contribution in [-0.4, -0.2) is 24.1 Å². The van der Waals surface area contributed by atoms with Crippen LogP contribution in [0, 0.1) is 0 Å². The standard InChI is InChI=1S/C15H20BrN3/c1-11(2)19(10-4-8-17)15-13-5-3-6-14(16)12(13)7-9-18-15/h3,5-7,9,11H,4,8,10,17H2,1-2H3. The van der Waals surface area contributed by atoms with E-state index in [-0.39, 0.29) is 0 Å². The minimum Gasteiger partial charge on any atom is -0.354 e. The Labute approximate surface area is 122 Å². The van der Waals surface area contributed by atoms with Crippen LogP contribution in [0.15, 0.2) is 34.9 Å². The van der Waals surface area contributed by atoms with Gasteiger partial charge in [-0.05, 0) is 38.9 Å². The molecule has 0 radical (unpaired) electrons. The summed E-state index contributed by atoms with van der Waals surface area (Å²) >= 11 is 3.60. The topological polar surface area (TPSA) is 42.1 Å². The summed E-state index contributed by atoms with van der Waals surface area (Å²) in [5.74, 6) is 1.04. The van der Waals surface area contributed by atoms with Gasteiger partial charge in [-0.25, -0.2) is 4.98 Å². The number of aromatic nitrogens is 1. The van der Waals surface area contributed by atoms with Crippen molar-refractivity contribution in [2.24, 2.45) is 5.73 Å². The highest BCUT2D eigenvalue weighted by Gasteiger charge is 2.14. The average molecular weight is 322 g/mol. The first-order valence-electron chi connectivity index (χ1n) is 6.65. The molecule has 0 aliphatic rings. The van der Waals surface area contributed by atoms with Crippen molar-refractivity contribution in [2.45, 2.75) is 26.3 Å². The lowest BCUT2D eigenvalue weighted by Crippen LogP contribution is -2.33. The smallest absolute Gasteiger partial charge is 0.136 e. The summed E-state index contributed by atoms with van der Waals surface area (Å²) in [5.41, 5.74) is 5.64. The zero-order chi connectivity index (χ0) is 13.8. The predicted octanol–water partition coefficient (Wildman–Crippen LogP) is 3.56. The zero-order valence-electron chi connectivity index (χ0n) is 11.4. The van der Waals surface area contributed by atoms with Gasteiger partial charge in [0.2, 0.25) is 0 Å². The van der Waals surface area contributed by atoms with E-state index in [2.05, 4.69) is 57.9 Å². The monoisotopic (exact) mass is 321 g/mol. The number of pyridine rings is 1. The van der Waals surface area contributed by atoms with Crippen LogP contribution >= 0.6 is 15.9 Å². The number of halogens is 1. The summed E-state index contributed by atoms with van der Waals surface area (Å²) < 4.78 is 1.11. The fourth-order valence-corrected chi connectivity index (χ4v) is 2.75. The number of hydrogen-bond acceptors (Lipinski definition) is 3. The fraction of sp³-hybridized carbons (Fsp3) is 0.400. The minimum atomic E-state index is 0.406. The summed E-state index contributed by atoms with van der Waals surface area (Å²) in [7, 11) is 0. The van der Waals surface area contributed by atoms with Gasteiger partial charge >= 0.3 is 0 Å². The SMILES string of the molecule is CC(C)N(CCCN)c1nccc2c(Br)cccc12. The Kier molecular flexibility index (Phi) is 4.77. The summed E-state index contributed by atoms with van der Waals surface area (Å²) in [6.45, 7) is 6.02. The Morgan fingerprint density at radius 2 is 2.05 bits per heavy atom. The predicted molar refractivity (Wildman–Crippen MR) is 85.6 cm³/mol. The highest BCUT2D eigenvalue weighted by atomic mass is 79.9. The fourth-order valence-electron chi connectivity index (χ4n) is 2.25. The van der Waals surface area contributed by atoms with Gasteiger partial charge in [-0.15, -0.1) is 0 Å². The Morgan fingerprint density at radius 1 is 1.26 bits per heavy atom. The molecule has 0 amide bonds. The lowest BCUT2D eigenvalue weighted by molar-refractivity contribution is 0.651. The third-order valence-electron chi connectivity index (χ3n) is 3.23. The minimum absolute atomic E-state index is 0.406. The van der Waals surface area contributed by atoms with E-state index < -0.39 is 0 Å². The van der Waals surface area contributed by atoms with E-state index in [9.17, 15) is 0 Å². The summed E-state index contributed by atoms with van der Waals surface area (Å²) in [6, 6.07) is 8.69. The number of fused-ring (bicyclic) bond motifs is 1. The van der Waals surface area contributed by atoms with Gasteiger partial charge < -0.3 is 10.6 Å². The van der Waals surface area contributed by atoms with Crippen molar-refractivity contribution in [3.8, 4) is 0 Å². The summed E-state index contributed by atoms with van der Waals surface area (Å²) in [6.07, 6.45) is 2.85. The number of nitrogens with zero attached hydrogens (tertiary/aromatic N) is 2. The molecular formula is C15H20BrN3. The number of hydrogen-bond donors (Lipinski definition) is 1. The van der Waals surface area contributed by atoms with Gasteiger partial charge in [-0.1, -0.05) is 28.1 Å². The maximum atomic E-state index is 5.64. The molecule has 1 heterocycles. The van der Waals surface area contributed by atoms with Gasteiger partial charge in [0, 0.05) is 34.0 Å². The summed E-state index contributed by atoms with van der Waals surface area (Å²) in [5, 5.41) is 2.38. The van der Waals surface area contributed by atoms with E-state index in [0.29, 0.717) is 12.6 Å². The van der Waals surface area contributed by atoms with E-state index in [1.807, 2.05) is 12.3 Å². The van der Waals surface area contributed by atoms with Crippen LogP contribution in [0.5, 0.6) is 0 Å². The lowest BCUT2D eigenvalue weighted by atomic mass is 10.1. The molecule has 1 aromatic carbocycles. The van der Waals surface area contributed by atoms with Gasteiger partial charge in [0.25, 0.3) is 0 Å². The number of rotatable bonds is 5. The molecule has 0 spiro atoms. The first-order valence-corrected chi connectivity index (χ1v) is 7.44. The van der Waals surface area contributed by atoms with Crippen LogP contribution in [0.25, 0.3) is 10.8 Å². The second-order valence-electron chi connectivity index (χ2n) is 4.90. The van der Waals surface area contributed by atoms with Crippen molar-refractivity contribution in [1.82, 2.24) is 4.98 Å². The van der Waals surface area contributed by atoms with E-state index >= 15 is 0 Å². The molecule has 2 N–H and O–H groups in total. The van der Waals surface area contributed by atoms with Crippen molar-refractivity contribution < 1.29 is 0 Å². The molecule has 0 aliphatic carbocycles. The van der Waals surface area contributed by atoms with Crippen molar-refractivity contribution in [3.05, 3.63) is 34.9 Å². The van der Waals surface area contributed by atoms with Crippen LogP contribution in [0.1, 0.15) is 20.3 Å². The van der Waals surface area contributed by atoms with E-state index in [4.69, 9.17) is 5.73 Å². The molecule has 0 atom stereocenters. The molecule has 0 fully saturated rings. The lowest BCUT2D eigenvalue weighted by Gasteiger charge is -2.29. The molecule has 19 heavy (non-hydrogen) atoms. The highest BCUT2D eigenvalue weighted by molar-refractivity contribution is 9.10. The van der Waals surface area contributed by atoms with Crippen molar-refractivity contribution in [3.63, 3.8) is 0 Å². The van der Waals surface area contributed by atoms with Crippen LogP contribution in [0.4, 0.5) is 5.82 Å². The van der Waals surface area contributed by atoms with Crippen LogP contribution in [0.2, 0.25) is 0 Å². The van der Waals surface area contributed by atoms with Crippen molar-refractivity contribution in [1.29, 1.82) is 0 Å². The quantitative estimate of drug-likeness (QED) is 0.915. The van der Waals surface area contributed by atoms with E-state index in [1.54, 1.807) is 0 Å². The average Bonchev–Trinajstić information content (AvgIpc) is 2.40. The summed E-state index contributed by atoms with van der Waals surface area (Å²) in [4.78, 5) is 6.91. The first kappa shape index (κ1) is 14.3. The number of benzene rings is 1. The molecule has 4 heteroatoms. The van der Waals surface area contributed by atoms with Crippen LogP contribution in [-0.2, 0) is 0 Å². The molecule has 2 aromatic rings. The van der Waals surface area contributed by atoms with Gasteiger partial charge in [0.15, 0.2) is 0 Å². The molecule has 0 bridgehead atoms. The van der Waals surface area contributed by atoms with Crippen LogP contribution < -0.4 is 10.6 Å². The van der Waals surface area contributed by atoms with Crippen LogP contribution in [0.3, 0.4) is 0 Å².